The molecule has 0 aliphatic rings. The van der Waals surface area contributed by atoms with Crippen LogP contribution in [0.4, 0.5) is 0 Å². The van der Waals surface area contributed by atoms with E-state index < -0.39 is 11.9 Å². The standard InChI is InChI=1S/C28H46O4/c1-4-5-19-24(32-28(31)26-22-17-16-21-25(26)27(29)30)20-15-13-11-9-7-6-8-10-12-14-18-23(2)3/h16-17,21-24H,4-15,18-20H2,1-3H3,(H,29,30). The topological polar surface area (TPSA) is 63.6 Å². The number of benzene rings is 1. The number of unbranched alkanes of at least 4 members (excludes halogenated alkanes) is 10. The summed E-state index contributed by atoms with van der Waals surface area (Å²) in [5.74, 6) is -0.781. The van der Waals surface area contributed by atoms with Gasteiger partial charge in [0.1, 0.15) is 6.10 Å². The van der Waals surface area contributed by atoms with Gasteiger partial charge in [0.05, 0.1) is 11.1 Å². The number of carboxylic acids is 1. The lowest BCUT2D eigenvalue weighted by Gasteiger charge is -2.18. The second-order valence-corrected chi connectivity index (χ2v) is 9.53. The molecule has 0 aliphatic heterocycles. The highest BCUT2D eigenvalue weighted by atomic mass is 16.5. The normalized spacial score (nSPS) is 12.1. The number of hydrogen-bond donors (Lipinski definition) is 1. The summed E-state index contributed by atoms with van der Waals surface area (Å²) in [5.41, 5.74) is 0.150. The summed E-state index contributed by atoms with van der Waals surface area (Å²) in [7, 11) is 0. The zero-order valence-corrected chi connectivity index (χ0v) is 20.7. The van der Waals surface area contributed by atoms with Crippen molar-refractivity contribution in [2.75, 3.05) is 0 Å². The van der Waals surface area contributed by atoms with E-state index in [1.165, 1.54) is 76.3 Å². The molecule has 1 atom stereocenters. The van der Waals surface area contributed by atoms with Crippen LogP contribution in [0, 0.1) is 5.92 Å². The predicted octanol–water partition coefficient (Wildman–Crippen LogP) is 8.44. The summed E-state index contributed by atoms with van der Waals surface area (Å²) in [5, 5.41) is 9.32. The number of rotatable bonds is 19. The van der Waals surface area contributed by atoms with E-state index in [1.807, 2.05) is 0 Å². The van der Waals surface area contributed by atoms with E-state index in [9.17, 15) is 14.7 Å². The molecule has 0 amide bonds. The Balaban J connectivity index is 2.25. The molecule has 1 aromatic carbocycles. The molecule has 182 valence electrons. The zero-order valence-electron chi connectivity index (χ0n) is 20.7. The molecule has 4 heteroatoms. The number of carbonyl (C=O) groups is 2. The van der Waals surface area contributed by atoms with E-state index >= 15 is 0 Å². The Labute approximate surface area is 196 Å². The molecule has 1 unspecified atom stereocenters. The molecule has 0 saturated heterocycles. The number of aromatic carboxylic acids is 1. The first-order valence-corrected chi connectivity index (χ1v) is 13.0. The monoisotopic (exact) mass is 446 g/mol. The molecule has 1 aromatic rings. The third-order valence-corrected chi connectivity index (χ3v) is 6.09. The van der Waals surface area contributed by atoms with Crippen molar-refractivity contribution in [1.82, 2.24) is 0 Å². The van der Waals surface area contributed by atoms with Gasteiger partial charge in [-0.2, -0.15) is 0 Å². The van der Waals surface area contributed by atoms with Crippen molar-refractivity contribution in [1.29, 1.82) is 0 Å². The van der Waals surface area contributed by atoms with Crippen molar-refractivity contribution in [2.45, 2.75) is 123 Å². The molecule has 0 fully saturated rings. The molecule has 1 N–H and O–H groups in total. The Morgan fingerprint density at radius 3 is 1.72 bits per heavy atom. The van der Waals surface area contributed by atoms with E-state index in [2.05, 4.69) is 20.8 Å². The van der Waals surface area contributed by atoms with Crippen LogP contribution in [0.1, 0.15) is 138 Å². The minimum Gasteiger partial charge on any atom is -0.478 e. The lowest BCUT2D eigenvalue weighted by molar-refractivity contribution is 0.0245. The van der Waals surface area contributed by atoms with Crippen LogP contribution >= 0.6 is 0 Å². The molecule has 0 bridgehead atoms. The van der Waals surface area contributed by atoms with Crippen LogP contribution in [0.2, 0.25) is 0 Å². The molecular formula is C28H46O4. The summed E-state index contributed by atoms with van der Waals surface area (Å²) in [6.07, 6.45) is 17.9. The highest BCUT2D eigenvalue weighted by Gasteiger charge is 2.20. The van der Waals surface area contributed by atoms with E-state index in [0.29, 0.717) is 0 Å². The fourth-order valence-corrected chi connectivity index (χ4v) is 4.10. The Kier molecular flexibility index (Phi) is 15.6. The van der Waals surface area contributed by atoms with Gasteiger partial charge in [0, 0.05) is 0 Å². The molecule has 0 aromatic heterocycles. The van der Waals surface area contributed by atoms with Crippen molar-refractivity contribution < 1.29 is 19.4 Å². The van der Waals surface area contributed by atoms with Crippen molar-refractivity contribution in [3.8, 4) is 0 Å². The molecule has 0 spiro atoms. The van der Waals surface area contributed by atoms with Crippen LogP contribution in [0.25, 0.3) is 0 Å². The molecule has 32 heavy (non-hydrogen) atoms. The van der Waals surface area contributed by atoms with Crippen LogP contribution in [0.3, 0.4) is 0 Å². The van der Waals surface area contributed by atoms with E-state index in [4.69, 9.17) is 4.74 Å². The van der Waals surface area contributed by atoms with Crippen LogP contribution in [-0.2, 0) is 4.74 Å². The highest BCUT2D eigenvalue weighted by Crippen LogP contribution is 2.19. The van der Waals surface area contributed by atoms with E-state index in [1.54, 1.807) is 12.1 Å². The average molecular weight is 447 g/mol. The van der Waals surface area contributed by atoms with Crippen LogP contribution in [0.15, 0.2) is 24.3 Å². The molecule has 0 aliphatic carbocycles. The first kappa shape index (κ1) is 28.2. The van der Waals surface area contributed by atoms with Gasteiger partial charge in [0.2, 0.25) is 0 Å². The number of hydrogen-bond acceptors (Lipinski definition) is 3. The number of carboxylic acid groups (broad SMARTS) is 1. The Morgan fingerprint density at radius 2 is 1.22 bits per heavy atom. The highest BCUT2D eigenvalue weighted by molar-refractivity contribution is 6.02. The summed E-state index contributed by atoms with van der Waals surface area (Å²) < 4.78 is 5.73. The van der Waals surface area contributed by atoms with Gasteiger partial charge in [-0.1, -0.05) is 110 Å². The van der Waals surface area contributed by atoms with Gasteiger partial charge in [0.15, 0.2) is 0 Å². The minimum absolute atomic E-state index is 0.00617. The van der Waals surface area contributed by atoms with Gasteiger partial charge < -0.3 is 9.84 Å². The Hall–Kier alpha value is -1.84. The van der Waals surface area contributed by atoms with Gasteiger partial charge in [-0.05, 0) is 37.3 Å². The van der Waals surface area contributed by atoms with Crippen molar-refractivity contribution in [3.05, 3.63) is 35.4 Å². The number of carbonyl (C=O) groups excluding carboxylic acids is 1. The van der Waals surface area contributed by atoms with Gasteiger partial charge in [-0.25, -0.2) is 9.59 Å². The van der Waals surface area contributed by atoms with Crippen molar-refractivity contribution in [2.24, 2.45) is 5.92 Å². The van der Waals surface area contributed by atoms with Gasteiger partial charge in [-0.15, -0.1) is 0 Å². The first-order valence-electron chi connectivity index (χ1n) is 13.0. The largest absolute Gasteiger partial charge is 0.478 e. The average Bonchev–Trinajstić information content (AvgIpc) is 2.77. The fourth-order valence-electron chi connectivity index (χ4n) is 4.10. The first-order chi connectivity index (χ1) is 15.5. The quantitative estimate of drug-likeness (QED) is 0.171. The second-order valence-electron chi connectivity index (χ2n) is 9.53. The lowest BCUT2D eigenvalue weighted by atomic mass is 10.0. The van der Waals surface area contributed by atoms with Crippen LogP contribution in [-0.4, -0.2) is 23.1 Å². The molecule has 1 rings (SSSR count). The van der Waals surface area contributed by atoms with Gasteiger partial charge in [0.25, 0.3) is 0 Å². The summed E-state index contributed by atoms with van der Waals surface area (Å²) in [4.78, 5) is 24.0. The third-order valence-electron chi connectivity index (χ3n) is 6.09. The maximum Gasteiger partial charge on any atom is 0.339 e. The lowest BCUT2D eigenvalue weighted by Crippen LogP contribution is -2.20. The fraction of sp³-hybridized carbons (Fsp3) is 0.714. The second kappa shape index (κ2) is 17.7. The Morgan fingerprint density at radius 1 is 0.750 bits per heavy atom. The van der Waals surface area contributed by atoms with Crippen molar-refractivity contribution >= 4 is 11.9 Å². The molecule has 0 radical (unpaired) electrons. The maximum absolute atomic E-state index is 12.6. The summed E-state index contributed by atoms with van der Waals surface area (Å²) in [6, 6.07) is 6.29. The number of esters is 1. The Bertz CT molecular complexity index is 638. The van der Waals surface area contributed by atoms with Crippen LogP contribution < -0.4 is 0 Å². The van der Waals surface area contributed by atoms with Gasteiger partial charge >= 0.3 is 11.9 Å². The molecular weight excluding hydrogens is 400 g/mol. The zero-order chi connectivity index (χ0) is 23.6. The SMILES string of the molecule is CCCCC(CCCCCCCCCCCCC(C)C)OC(=O)c1ccccc1C(=O)O. The summed E-state index contributed by atoms with van der Waals surface area (Å²) in [6.45, 7) is 6.73. The minimum atomic E-state index is -1.10. The van der Waals surface area contributed by atoms with E-state index in [-0.39, 0.29) is 17.2 Å². The van der Waals surface area contributed by atoms with Gasteiger partial charge in [-0.3, -0.25) is 0 Å². The number of ether oxygens (including phenoxy) is 1. The van der Waals surface area contributed by atoms with Crippen LogP contribution in [0.5, 0.6) is 0 Å². The van der Waals surface area contributed by atoms with Crippen molar-refractivity contribution in [3.63, 3.8) is 0 Å². The summed E-state index contributed by atoms with van der Waals surface area (Å²) >= 11 is 0. The smallest absolute Gasteiger partial charge is 0.339 e. The predicted molar refractivity (Wildman–Crippen MR) is 132 cm³/mol. The maximum atomic E-state index is 12.6. The molecule has 0 saturated carbocycles. The molecule has 4 nitrogen and oxygen atoms in total. The van der Waals surface area contributed by atoms with E-state index in [0.717, 1.165) is 38.0 Å². The molecule has 0 heterocycles. The third kappa shape index (κ3) is 12.9.